The van der Waals surface area contributed by atoms with Crippen LogP contribution in [-0.2, 0) is 6.54 Å². The summed E-state index contributed by atoms with van der Waals surface area (Å²) in [5.74, 6) is 0. The highest BCUT2D eigenvalue weighted by molar-refractivity contribution is 5.44. The molecule has 0 radical (unpaired) electrons. The Labute approximate surface area is 108 Å². The molecule has 1 aliphatic heterocycles. The summed E-state index contributed by atoms with van der Waals surface area (Å²) in [5, 5.41) is 4.47. The van der Waals surface area contributed by atoms with Crippen molar-refractivity contribution in [3.8, 4) is 0 Å². The van der Waals surface area contributed by atoms with Crippen LogP contribution in [0.2, 0.25) is 0 Å². The topological polar surface area (TPSA) is 18.5 Å². The van der Waals surface area contributed by atoms with Crippen LogP contribution < -0.4 is 10.5 Å². The van der Waals surface area contributed by atoms with Crippen molar-refractivity contribution in [2.24, 2.45) is 0 Å². The molecule has 0 saturated carbocycles. The first kappa shape index (κ1) is 11.3. The lowest BCUT2D eigenvalue weighted by atomic mass is 10.2. The molecule has 0 spiro atoms. The average molecular weight is 239 g/mol. The van der Waals surface area contributed by atoms with Crippen molar-refractivity contribution in [3.05, 3.63) is 66.2 Å². The molecule has 1 heterocycles. The molecule has 0 atom stereocenters. The molecule has 3 nitrogen and oxygen atoms in total. The monoisotopic (exact) mass is 239 g/mol. The van der Waals surface area contributed by atoms with Gasteiger partial charge in [-0.1, -0.05) is 48.5 Å². The van der Waals surface area contributed by atoms with Crippen molar-refractivity contribution in [2.75, 3.05) is 18.2 Å². The molecule has 0 aliphatic carbocycles. The third kappa shape index (κ3) is 2.37. The van der Waals surface area contributed by atoms with E-state index in [1.54, 1.807) is 0 Å². The van der Waals surface area contributed by atoms with E-state index in [2.05, 4.69) is 70.1 Å². The summed E-state index contributed by atoms with van der Waals surface area (Å²) in [7, 11) is 0. The molecule has 2 aromatic carbocycles. The van der Waals surface area contributed by atoms with Gasteiger partial charge >= 0.3 is 0 Å². The van der Waals surface area contributed by atoms with Crippen molar-refractivity contribution < 1.29 is 0 Å². The lowest BCUT2D eigenvalue weighted by molar-refractivity contribution is 0.292. The van der Waals surface area contributed by atoms with E-state index >= 15 is 0 Å². The van der Waals surface area contributed by atoms with E-state index in [4.69, 9.17) is 0 Å². The van der Waals surface area contributed by atoms with Crippen molar-refractivity contribution in [3.63, 3.8) is 0 Å². The second-order valence-corrected chi connectivity index (χ2v) is 4.43. The number of hydrogen-bond acceptors (Lipinski definition) is 3. The molecular weight excluding hydrogens is 222 g/mol. The molecule has 92 valence electrons. The highest BCUT2D eigenvalue weighted by atomic mass is 15.8. The fraction of sp³-hybridized carbons (Fsp3) is 0.200. The quantitative estimate of drug-likeness (QED) is 0.887. The van der Waals surface area contributed by atoms with Crippen LogP contribution in [0.25, 0.3) is 0 Å². The van der Waals surface area contributed by atoms with Crippen molar-refractivity contribution in [2.45, 2.75) is 6.54 Å². The third-order valence-electron chi connectivity index (χ3n) is 3.12. The minimum Gasteiger partial charge on any atom is -0.239 e. The fourth-order valence-corrected chi connectivity index (χ4v) is 2.25. The molecule has 1 saturated heterocycles. The lowest BCUT2D eigenvalue weighted by Gasteiger charge is -2.28. The van der Waals surface area contributed by atoms with Gasteiger partial charge in [0.05, 0.1) is 5.69 Å². The minimum atomic E-state index is 0.933. The zero-order chi connectivity index (χ0) is 12.2. The summed E-state index contributed by atoms with van der Waals surface area (Å²) in [6.07, 6.45) is 0. The molecule has 2 aromatic rings. The van der Waals surface area contributed by atoms with E-state index < -0.39 is 0 Å². The number of anilines is 1. The Morgan fingerprint density at radius 1 is 0.889 bits per heavy atom. The number of para-hydroxylation sites is 1. The number of hydrogen-bond donors (Lipinski definition) is 1. The van der Waals surface area contributed by atoms with Gasteiger partial charge in [-0.15, -0.1) is 0 Å². The van der Waals surface area contributed by atoms with Crippen LogP contribution in [0.1, 0.15) is 5.56 Å². The van der Waals surface area contributed by atoms with Crippen LogP contribution in [0.15, 0.2) is 60.7 Å². The van der Waals surface area contributed by atoms with Gasteiger partial charge in [-0.05, 0) is 17.7 Å². The predicted molar refractivity (Wildman–Crippen MR) is 73.8 cm³/mol. The fourth-order valence-electron chi connectivity index (χ4n) is 2.25. The van der Waals surface area contributed by atoms with Gasteiger partial charge in [-0.2, -0.15) is 0 Å². The summed E-state index contributed by atoms with van der Waals surface area (Å²) in [5.41, 5.74) is 5.92. The van der Waals surface area contributed by atoms with Crippen molar-refractivity contribution in [1.29, 1.82) is 0 Å². The Morgan fingerprint density at radius 3 is 2.28 bits per heavy atom. The molecule has 0 unspecified atom stereocenters. The van der Waals surface area contributed by atoms with Gasteiger partial charge in [0.25, 0.3) is 0 Å². The highest BCUT2D eigenvalue weighted by Gasteiger charge is 2.21. The predicted octanol–water partition coefficient (Wildman–Crippen LogP) is 2.43. The molecule has 3 heteroatoms. The van der Waals surface area contributed by atoms with Gasteiger partial charge in [0, 0.05) is 19.6 Å². The number of nitrogens with zero attached hydrogens (tertiary/aromatic N) is 2. The van der Waals surface area contributed by atoms with Crippen LogP contribution in [0.4, 0.5) is 5.69 Å². The van der Waals surface area contributed by atoms with Crippen LogP contribution in [-0.4, -0.2) is 18.1 Å². The maximum atomic E-state index is 3.40. The van der Waals surface area contributed by atoms with Gasteiger partial charge in [0.15, 0.2) is 0 Å². The standard InChI is InChI=1S/C15H17N3/c1-3-7-14(8-4-1)13-17-12-11-16-18(17)15-9-5-2-6-10-15/h1-10,16H,11-13H2. The summed E-state index contributed by atoms with van der Waals surface area (Å²) in [6, 6.07) is 21.0. The first-order valence-corrected chi connectivity index (χ1v) is 6.31. The number of benzene rings is 2. The zero-order valence-corrected chi connectivity index (χ0v) is 10.3. The molecule has 1 N–H and O–H groups in total. The largest absolute Gasteiger partial charge is 0.239 e. The van der Waals surface area contributed by atoms with Gasteiger partial charge in [-0.3, -0.25) is 0 Å². The van der Waals surface area contributed by atoms with Gasteiger partial charge in [-0.25, -0.2) is 15.6 Å². The zero-order valence-electron chi connectivity index (χ0n) is 10.3. The third-order valence-corrected chi connectivity index (χ3v) is 3.12. The Kier molecular flexibility index (Phi) is 3.26. The Balaban J connectivity index is 1.76. The van der Waals surface area contributed by atoms with Crippen molar-refractivity contribution >= 4 is 5.69 Å². The second-order valence-electron chi connectivity index (χ2n) is 4.43. The first-order valence-electron chi connectivity index (χ1n) is 6.31. The van der Waals surface area contributed by atoms with Crippen molar-refractivity contribution in [1.82, 2.24) is 10.4 Å². The Hall–Kier alpha value is -1.84. The lowest BCUT2D eigenvalue weighted by Crippen LogP contribution is -2.41. The highest BCUT2D eigenvalue weighted by Crippen LogP contribution is 2.18. The van der Waals surface area contributed by atoms with E-state index in [1.807, 2.05) is 6.07 Å². The van der Waals surface area contributed by atoms with Gasteiger partial charge < -0.3 is 0 Å². The summed E-state index contributed by atoms with van der Waals surface area (Å²) in [4.78, 5) is 0. The molecule has 3 rings (SSSR count). The summed E-state index contributed by atoms with van der Waals surface area (Å²) in [6.45, 7) is 2.95. The maximum Gasteiger partial charge on any atom is 0.0704 e. The van der Waals surface area contributed by atoms with Gasteiger partial charge in [0.1, 0.15) is 0 Å². The SMILES string of the molecule is c1ccc(CN2CCNN2c2ccccc2)cc1. The summed E-state index contributed by atoms with van der Waals surface area (Å²) >= 11 is 0. The van der Waals surface area contributed by atoms with E-state index in [0.29, 0.717) is 0 Å². The smallest absolute Gasteiger partial charge is 0.0704 e. The summed E-state index contributed by atoms with van der Waals surface area (Å²) < 4.78 is 0. The number of nitrogens with one attached hydrogen (secondary N) is 1. The van der Waals surface area contributed by atoms with Crippen LogP contribution in [0.3, 0.4) is 0 Å². The Morgan fingerprint density at radius 2 is 1.56 bits per heavy atom. The van der Waals surface area contributed by atoms with E-state index in [-0.39, 0.29) is 0 Å². The molecule has 0 aromatic heterocycles. The van der Waals surface area contributed by atoms with E-state index in [0.717, 1.165) is 19.6 Å². The number of rotatable bonds is 3. The van der Waals surface area contributed by atoms with Crippen LogP contribution >= 0.6 is 0 Å². The van der Waals surface area contributed by atoms with Crippen LogP contribution in [0.5, 0.6) is 0 Å². The average Bonchev–Trinajstić information content (AvgIpc) is 2.89. The second kappa shape index (κ2) is 5.21. The number of hydrazine groups is 2. The first-order chi connectivity index (χ1) is 8.93. The van der Waals surface area contributed by atoms with Crippen LogP contribution in [0, 0.1) is 0 Å². The van der Waals surface area contributed by atoms with E-state index in [9.17, 15) is 0 Å². The molecule has 0 amide bonds. The maximum absolute atomic E-state index is 3.40. The van der Waals surface area contributed by atoms with Gasteiger partial charge in [0.2, 0.25) is 0 Å². The van der Waals surface area contributed by atoms with E-state index in [1.165, 1.54) is 11.3 Å². The molecule has 1 aliphatic rings. The Bertz CT molecular complexity index is 484. The molecular formula is C15H17N3. The molecule has 18 heavy (non-hydrogen) atoms. The normalized spacial score (nSPS) is 16.1. The minimum absolute atomic E-state index is 0.933. The molecule has 1 fully saturated rings. The molecule has 0 bridgehead atoms.